The number of unbranched alkanes of at least 4 members (excludes halogenated alkanes) is 2. The summed E-state index contributed by atoms with van der Waals surface area (Å²) in [5.74, 6) is 1.19. The van der Waals surface area contributed by atoms with Gasteiger partial charge >= 0.3 is 0 Å². The Bertz CT molecular complexity index is 215. The third-order valence-corrected chi connectivity index (χ3v) is 2.75. The van der Waals surface area contributed by atoms with Crippen LogP contribution in [-0.4, -0.2) is 11.7 Å². The first-order valence-electron chi connectivity index (χ1n) is 6.55. The van der Waals surface area contributed by atoms with Crippen LogP contribution >= 0.6 is 0 Å². The van der Waals surface area contributed by atoms with Gasteiger partial charge in [0.05, 0.1) is 6.61 Å². The van der Waals surface area contributed by atoms with Gasteiger partial charge in [0.25, 0.3) is 0 Å². The van der Waals surface area contributed by atoms with Gasteiger partial charge in [-0.15, -0.1) is 0 Å². The van der Waals surface area contributed by atoms with Crippen LogP contribution in [-0.2, 0) is 0 Å². The van der Waals surface area contributed by atoms with Crippen molar-refractivity contribution < 1.29 is 5.11 Å². The topological polar surface area (TPSA) is 20.2 Å². The Hall–Kier alpha value is -0.560. The molecule has 0 aromatic rings. The van der Waals surface area contributed by atoms with Crippen molar-refractivity contribution in [2.45, 2.75) is 53.4 Å². The molecule has 0 aliphatic carbocycles. The summed E-state index contributed by atoms with van der Waals surface area (Å²) in [6, 6.07) is 0. The van der Waals surface area contributed by atoms with Crippen LogP contribution in [0.5, 0.6) is 0 Å². The van der Waals surface area contributed by atoms with Crippen LogP contribution in [0.15, 0.2) is 23.8 Å². The molecule has 0 rings (SSSR count). The van der Waals surface area contributed by atoms with Gasteiger partial charge < -0.3 is 5.11 Å². The fraction of sp³-hybridized carbons (Fsp3) is 0.733. The first-order valence-corrected chi connectivity index (χ1v) is 6.55. The zero-order chi connectivity index (χ0) is 12.4. The maximum absolute atomic E-state index is 8.94. The normalized spacial score (nSPS) is 16.7. The van der Waals surface area contributed by atoms with E-state index in [1.54, 1.807) is 0 Å². The molecule has 1 nitrogen and oxygen atoms in total. The van der Waals surface area contributed by atoms with Crippen LogP contribution in [0.25, 0.3) is 0 Å². The summed E-state index contributed by atoms with van der Waals surface area (Å²) in [6.07, 6.45) is 11.8. The molecule has 2 atom stereocenters. The number of allylic oxidation sites excluding steroid dienone is 3. The summed E-state index contributed by atoms with van der Waals surface area (Å²) in [6.45, 7) is 8.88. The Morgan fingerprint density at radius 3 is 2.50 bits per heavy atom. The van der Waals surface area contributed by atoms with Crippen molar-refractivity contribution in [2.75, 3.05) is 6.61 Å². The van der Waals surface area contributed by atoms with Crippen molar-refractivity contribution in [2.24, 2.45) is 11.8 Å². The van der Waals surface area contributed by atoms with E-state index in [0.29, 0.717) is 11.8 Å². The monoisotopic (exact) mass is 224 g/mol. The molecule has 0 aliphatic rings. The van der Waals surface area contributed by atoms with Gasteiger partial charge in [0, 0.05) is 0 Å². The summed E-state index contributed by atoms with van der Waals surface area (Å²) in [5, 5.41) is 8.94. The first-order chi connectivity index (χ1) is 7.60. The van der Waals surface area contributed by atoms with E-state index in [4.69, 9.17) is 5.11 Å². The summed E-state index contributed by atoms with van der Waals surface area (Å²) in [7, 11) is 0. The van der Waals surface area contributed by atoms with Crippen molar-refractivity contribution in [3.8, 4) is 0 Å². The quantitative estimate of drug-likeness (QED) is 0.480. The van der Waals surface area contributed by atoms with E-state index < -0.39 is 0 Å². The predicted octanol–water partition coefficient (Wildman–Crippen LogP) is 4.33. The van der Waals surface area contributed by atoms with Crippen LogP contribution in [0.4, 0.5) is 0 Å². The minimum Gasteiger partial charge on any atom is -0.392 e. The Labute approximate surface area is 101 Å². The molecule has 0 saturated heterocycles. The molecule has 1 heteroatoms. The van der Waals surface area contributed by atoms with Gasteiger partial charge in [0.15, 0.2) is 0 Å². The van der Waals surface area contributed by atoms with Crippen LogP contribution < -0.4 is 0 Å². The molecule has 0 radical (unpaired) electrons. The molecule has 16 heavy (non-hydrogen) atoms. The van der Waals surface area contributed by atoms with Crippen LogP contribution in [0.1, 0.15) is 53.4 Å². The summed E-state index contributed by atoms with van der Waals surface area (Å²) in [4.78, 5) is 0. The van der Waals surface area contributed by atoms with Gasteiger partial charge in [-0.1, -0.05) is 57.4 Å². The molecule has 0 aromatic heterocycles. The minimum atomic E-state index is 0.186. The van der Waals surface area contributed by atoms with E-state index in [0.717, 1.165) is 5.57 Å². The molecule has 1 N–H and O–H groups in total. The van der Waals surface area contributed by atoms with E-state index in [2.05, 4.69) is 39.0 Å². The number of aliphatic hydroxyl groups excluding tert-OH is 1. The summed E-state index contributed by atoms with van der Waals surface area (Å²) in [5.41, 5.74) is 1.08. The van der Waals surface area contributed by atoms with Gasteiger partial charge in [-0.3, -0.25) is 0 Å². The smallest absolute Gasteiger partial charge is 0.0639 e. The predicted molar refractivity (Wildman–Crippen MR) is 72.5 cm³/mol. The molecule has 0 aliphatic heterocycles. The molecule has 0 amide bonds. The van der Waals surface area contributed by atoms with E-state index in [1.807, 2.05) is 6.92 Å². The van der Waals surface area contributed by atoms with E-state index in [1.165, 1.54) is 25.7 Å². The molecule has 0 aromatic carbocycles. The number of aliphatic hydroxyl groups is 1. The fourth-order valence-electron chi connectivity index (χ4n) is 1.92. The second kappa shape index (κ2) is 9.65. The van der Waals surface area contributed by atoms with Crippen molar-refractivity contribution >= 4 is 0 Å². The highest BCUT2D eigenvalue weighted by Gasteiger charge is 2.03. The van der Waals surface area contributed by atoms with Crippen LogP contribution in [0, 0.1) is 11.8 Å². The van der Waals surface area contributed by atoms with Crippen LogP contribution in [0.2, 0.25) is 0 Å². The van der Waals surface area contributed by atoms with Gasteiger partial charge in [-0.25, -0.2) is 0 Å². The third kappa shape index (κ3) is 8.72. The highest BCUT2D eigenvalue weighted by Crippen LogP contribution is 2.16. The molecule has 0 heterocycles. The molecule has 0 bridgehead atoms. The number of hydrogen-bond donors (Lipinski definition) is 1. The van der Waals surface area contributed by atoms with Gasteiger partial charge in [0.1, 0.15) is 0 Å². The molecular formula is C15H28O. The van der Waals surface area contributed by atoms with E-state index >= 15 is 0 Å². The van der Waals surface area contributed by atoms with Crippen molar-refractivity contribution in [1.29, 1.82) is 0 Å². The molecule has 0 spiro atoms. The summed E-state index contributed by atoms with van der Waals surface area (Å²) >= 11 is 0. The minimum absolute atomic E-state index is 0.186. The lowest BCUT2D eigenvalue weighted by Gasteiger charge is -2.11. The standard InChI is InChI=1S/C15H28O/c1-5-6-7-8-9-13(2)10-14(3)11-15(4)12-16/h8-9,11,13-14,16H,5-7,10,12H2,1-4H3/b9-8+,15-11+. The van der Waals surface area contributed by atoms with Gasteiger partial charge in [0.2, 0.25) is 0 Å². The second-order valence-electron chi connectivity index (χ2n) is 4.93. The lowest BCUT2D eigenvalue weighted by Crippen LogP contribution is -2.00. The molecular weight excluding hydrogens is 196 g/mol. The molecule has 2 unspecified atom stereocenters. The first kappa shape index (κ1) is 15.4. The fourth-order valence-corrected chi connectivity index (χ4v) is 1.92. The molecule has 94 valence electrons. The summed E-state index contributed by atoms with van der Waals surface area (Å²) < 4.78 is 0. The lowest BCUT2D eigenvalue weighted by atomic mass is 9.95. The third-order valence-electron chi connectivity index (χ3n) is 2.75. The average molecular weight is 224 g/mol. The van der Waals surface area contributed by atoms with E-state index in [9.17, 15) is 0 Å². The highest BCUT2D eigenvalue weighted by atomic mass is 16.3. The number of rotatable bonds is 8. The Morgan fingerprint density at radius 2 is 1.94 bits per heavy atom. The highest BCUT2D eigenvalue weighted by molar-refractivity contribution is 5.01. The van der Waals surface area contributed by atoms with Crippen molar-refractivity contribution in [1.82, 2.24) is 0 Å². The lowest BCUT2D eigenvalue weighted by molar-refractivity contribution is 0.329. The maximum Gasteiger partial charge on any atom is 0.0639 e. The van der Waals surface area contributed by atoms with Gasteiger partial charge in [-0.05, 0) is 31.6 Å². The second-order valence-corrected chi connectivity index (χ2v) is 4.93. The Balaban J connectivity index is 3.86. The van der Waals surface area contributed by atoms with Gasteiger partial charge in [-0.2, -0.15) is 0 Å². The SMILES string of the molecule is CCCC/C=C/C(C)CC(C)/C=C(\C)CO. The largest absolute Gasteiger partial charge is 0.392 e. The van der Waals surface area contributed by atoms with Crippen LogP contribution in [0.3, 0.4) is 0 Å². The average Bonchev–Trinajstić information content (AvgIpc) is 2.24. The molecule has 0 saturated carbocycles. The van der Waals surface area contributed by atoms with E-state index in [-0.39, 0.29) is 6.61 Å². The Morgan fingerprint density at radius 1 is 1.25 bits per heavy atom. The maximum atomic E-state index is 8.94. The van der Waals surface area contributed by atoms with Crippen molar-refractivity contribution in [3.05, 3.63) is 23.8 Å². The Kier molecular flexibility index (Phi) is 9.31. The zero-order valence-corrected chi connectivity index (χ0v) is 11.4. The number of hydrogen-bond acceptors (Lipinski definition) is 1. The molecule has 0 fully saturated rings. The van der Waals surface area contributed by atoms with Crippen molar-refractivity contribution in [3.63, 3.8) is 0 Å². The zero-order valence-electron chi connectivity index (χ0n) is 11.4.